The van der Waals surface area contributed by atoms with Crippen molar-refractivity contribution in [2.45, 2.75) is 31.0 Å². The Hall–Kier alpha value is -2.31. The zero-order valence-corrected chi connectivity index (χ0v) is 15.7. The summed E-state index contributed by atoms with van der Waals surface area (Å²) in [6.45, 7) is 5.88. The van der Waals surface area contributed by atoms with Crippen LogP contribution in [-0.4, -0.2) is 43.6 Å². The van der Waals surface area contributed by atoms with Gasteiger partial charge in [0.15, 0.2) is 17.3 Å². The van der Waals surface area contributed by atoms with E-state index in [2.05, 4.69) is 6.58 Å². The molecule has 1 aliphatic heterocycles. The van der Waals surface area contributed by atoms with Crippen LogP contribution in [0.2, 0.25) is 0 Å². The minimum Gasteiger partial charge on any atom is -0.493 e. The number of carbonyl (C=O) groups excluding carboxylic acids is 1. The largest absolute Gasteiger partial charge is 0.493 e. The highest BCUT2D eigenvalue weighted by molar-refractivity contribution is 6.00. The van der Waals surface area contributed by atoms with Crippen LogP contribution in [0.15, 0.2) is 36.4 Å². The van der Waals surface area contributed by atoms with Gasteiger partial charge >= 0.3 is 0 Å². The van der Waals surface area contributed by atoms with E-state index in [0.29, 0.717) is 29.2 Å². The van der Waals surface area contributed by atoms with Gasteiger partial charge < -0.3 is 24.1 Å². The molecule has 6 heteroatoms. The van der Waals surface area contributed by atoms with Gasteiger partial charge in [-0.3, -0.25) is 4.79 Å². The first-order valence-corrected chi connectivity index (χ1v) is 9.06. The Balaban J connectivity index is 1.84. The Morgan fingerprint density at radius 3 is 2.78 bits per heavy atom. The van der Waals surface area contributed by atoms with Gasteiger partial charge in [-0.25, -0.2) is 0 Å². The minimum atomic E-state index is -0.917. The van der Waals surface area contributed by atoms with Gasteiger partial charge in [-0.1, -0.05) is 13.0 Å². The van der Waals surface area contributed by atoms with Gasteiger partial charge in [-0.2, -0.15) is 0 Å². The average molecular weight is 372 g/mol. The number of allylic oxidation sites excluding steroid dienone is 2. The van der Waals surface area contributed by atoms with Crippen molar-refractivity contribution >= 4 is 5.78 Å². The number of ether oxygens (including phenoxy) is 4. The summed E-state index contributed by atoms with van der Waals surface area (Å²) < 4.78 is 22.3. The fraction of sp³-hybridized carbons (Fsp3) is 0.476. The number of benzene rings is 1. The van der Waals surface area contributed by atoms with Gasteiger partial charge in [0.2, 0.25) is 12.5 Å². The molecule has 5 atom stereocenters. The molecule has 0 unspecified atom stereocenters. The SMILES string of the molecule is C=CCC1=C[C@]2(OC)[C@H](C)[C@@H](c3cc(OC)c4c(c3)OCO4)[C@H](C1=O)[C@H]2O. The van der Waals surface area contributed by atoms with Crippen molar-refractivity contribution in [3.8, 4) is 17.2 Å². The minimum absolute atomic E-state index is 0.0546. The van der Waals surface area contributed by atoms with E-state index >= 15 is 0 Å². The topological polar surface area (TPSA) is 74.2 Å². The molecular formula is C21H24O6. The van der Waals surface area contributed by atoms with E-state index in [-0.39, 0.29) is 24.4 Å². The first kappa shape index (κ1) is 18.1. The van der Waals surface area contributed by atoms with Crippen LogP contribution in [0.1, 0.15) is 24.8 Å². The second-order valence-electron chi connectivity index (χ2n) is 7.33. The van der Waals surface area contributed by atoms with E-state index in [1.807, 2.05) is 19.1 Å². The maximum absolute atomic E-state index is 13.1. The van der Waals surface area contributed by atoms with Crippen LogP contribution in [0.5, 0.6) is 17.2 Å². The van der Waals surface area contributed by atoms with Gasteiger partial charge in [-0.15, -0.1) is 6.58 Å². The summed E-state index contributed by atoms with van der Waals surface area (Å²) in [5, 5.41) is 11.0. The molecule has 0 aromatic heterocycles. The van der Waals surface area contributed by atoms with Gasteiger partial charge in [0.1, 0.15) is 5.60 Å². The zero-order chi connectivity index (χ0) is 19.3. The highest BCUT2D eigenvalue weighted by Gasteiger charge is 2.63. The third-order valence-electron chi connectivity index (χ3n) is 6.24. The van der Waals surface area contributed by atoms with Crippen LogP contribution in [0, 0.1) is 11.8 Å². The highest BCUT2D eigenvalue weighted by atomic mass is 16.7. The predicted molar refractivity (Wildman–Crippen MR) is 98.2 cm³/mol. The third kappa shape index (κ3) is 2.36. The summed E-state index contributed by atoms with van der Waals surface area (Å²) in [7, 11) is 3.15. The second kappa shape index (κ2) is 6.39. The smallest absolute Gasteiger partial charge is 0.231 e. The van der Waals surface area contributed by atoms with Gasteiger partial charge in [0.25, 0.3) is 0 Å². The van der Waals surface area contributed by atoms with Crippen LogP contribution in [0.25, 0.3) is 0 Å². The summed E-state index contributed by atoms with van der Waals surface area (Å²) in [4.78, 5) is 13.1. The fourth-order valence-corrected chi connectivity index (χ4v) is 4.94. The van der Waals surface area contributed by atoms with Gasteiger partial charge in [0, 0.05) is 13.0 Å². The van der Waals surface area contributed by atoms with Crippen molar-refractivity contribution < 1.29 is 28.8 Å². The molecule has 0 saturated heterocycles. The van der Waals surface area contributed by atoms with Gasteiger partial charge in [0.05, 0.1) is 19.1 Å². The van der Waals surface area contributed by atoms with Crippen LogP contribution >= 0.6 is 0 Å². The summed E-state index contributed by atoms with van der Waals surface area (Å²) in [6, 6.07) is 3.75. The molecule has 0 radical (unpaired) electrons. The Morgan fingerprint density at radius 1 is 1.33 bits per heavy atom. The molecule has 6 nitrogen and oxygen atoms in total. The molecule has 1 saturated carbocycles. The number of hydrogen-bond acceptors (Lipinski definition) is 6. The summed E-state index contributed by atoms with van der Waals surface area (Å²) in [5.41, 5.74) is 0.600. The number of ketones is 1. The number of fused-ring (bicyclic) bond motifs is 3. The van der Waals surface area contributed by atoms with Crippen molar-refractivity contribution in [3.05, 3.63) is 42.0 Å². The van der Waals surface area contributed by atoms with E-state index in [1.54, 1.807) is 26.4 Å². The lowest BCUT2D eigenvalue weighted by molar-refractivity contribution is -0.130. The van der Waals surface area contributed by atoms with E-state index in [1.165, 1.54) is 0 Å². The molecule has 0 spiro atoms. The van der Waals surface area contributed by atoms with Crippen LogP contribution in [0.4, 0.5) is 0 Å². The number of methoxy groups -OCH3 is 2. The van der Waals surface area contributed by atoms with E-state index in [9.17, 15) is 9.90 Å². The van der Waals surface area contributed by atoms with Crippen molar-refractivity contribution in [2.24, 2.45) is 11.8 Å². The molecular weight excluding hydrogens is 348 g/mol. The standard InChI is InChI=1S/C21H24O6/c1-5-6-12-9-21(25-4)11(2)16(17(18(12)22)20(21)23)13-7-14(24-3)19-15(8-13)26-10-27-19/h5,7-9,11,16-17,20,23H,1,6,10H2,2-4H3/t11-,16+,17-,20-,21+/m1/s1. The maximum Gasteiger partial charge on any atom is 0.231 e. The van der Waals surface area contributed by atoms with Gasteiger partial charge in [-0.05, 0) is 41.7 Å². The fourth-order valence-electron chi connectivity index (χ4n) is 4.94. The Morgan fingerprint density at radius 2 is 2.11 bits per heavy atom. The molecule has 2 bridgehead atoms. The molecule has 0 amide bonds. The van der Waals surface area contributed by atoms with Crippen molar-refractivity contribution in [2.75, 3.05) is 21.0 Å². The molecule has 3 aliphatic rings. The maximum atomic E-state index is 13.1. The molecule has 144 valence electrons. The number of hydrogen-bond donors (Lipinski definition) is 1. The van der Waals surface area contributed by atoms with E-state index in [4.69, 9.17) is 18.9 Å². The van der Waals surface area contributed by atoms with E-state index in [0.717, 1.165) is 5.56 Å². The molecule has 27 heavy (non-hydrogen) atoms. The summed E-state index contributed by atoms with van der Waals surface area (Å²) in [5.74, 6) is 0.694. The van der Waals surface area contributed by atoms with Crippen LogP contribution < -0.4 is 14.2 Å². The predicted octanol–water partition coefficient (Wildman–Crippen LogP) is 2.60. The summed E-state index contributed by atoms with van der Waals surface area (Å²) >= 11 is 0. The lowest BCUT2D eigenvalue weighted by Gasteiger charge is -2.36. The van der Waals surface area contributed by atoms with E-state index < -0.39 is 17.6 Å². The van der Waals surface area contributed by atoms with Crippen molar-refractivity contribution in [3.63, 3.8) is 0 Å². The number of aliphatic hydroxyl groups excluding tert-OH is 1. The number of aliphatic hydroxyl groups is 1. The van der Waals surface area contributed by atoms with Crippen LogP contribution in [0.3, 0.4) is 0 Å². The first-order chi connectivity index (χ1) is 13.0. The monoisotopic (exact) mass is 372 g/mol. The average Bonchev–Trinajstić information content (AvgIpc) is 3.20. The number of rotatable bonds is 5. The molecule has 1 heterocycles. The Bertz CT molecular complexity index is 828. The molecule has 2 aliphatic carbocycles. The third-order valence-corrected chi connectivity index (χ3v) is 6.24. The normalized spacial score (nSPS) is 33.8. The second-order valence-corrected chi connectivity index (χ2v) is 7.33. The Kier molecular flexibility index (Phi) is 4.28. The molecule has 4 rings (SSSR count). The lowest BCUT2D eigenvalue weighted by Crippen LogP contribution is -2.48. The molecule has 1 aromatic rings. The number of carbonyl (C=O) groups is 1. The lowest BCUT2D eigenvalue weighted by atomic mass is 9.79. The summed E-state index contributed by atoms with van der Waals surface area (Å²) in [6.07, 6.45) is 3.04. The highest BCUT2D eigenvalue weighted by Crippen LogP contribution is 2.57. The van der Waals surface area contributed by atoms with Crippen molar-refractivity contribution in [1.82, 2.24) is 0 Å². The zero-order valence-electron chi connectivity index (χ0n) is 15.7. The molecule has 1 fully saturated rings. The van der Waals surface area contributed by atoms with Crippen LogP contribution in [-0.2, 0) is 9.53 Å². The first-order valence-electron chi connectivity index (χ1n) is 9.06. The quantitative estimate of drug-likeness (QED) is 0.801. The molecule has 1 N–H and O–H groups in total. The van der Waals surface area contributed by atoms with Crippen molar-refractivity contribution in [1.29, 1.82) is 0 Å². The number of Topliss-reactive ketones (excluding diaryl/α,β-unsaturated/α-hetero) is 1. The molecule has 1 aromatic carbocycles. The Labute approximate surface area is 158 Å².